The number of thiazole rings is 1. The van der Waals surface area contributed by atoms with E-state index in [9.17, 15) is 14.0 Å². The number of amides is 1. The molecule has 1 aliphatic rings. The van der Waals surface area contributed by atoms with Crippen molar-refractivity contribution in [2.24, 2.45) is 5.41 Å². The topological polar surface area (TPSA) is 53.5 Å². The predicted molar refractivity (Wildman–Crippen MR) is 156 cm³/mol. The van der Waals surface area contributed by atoms with Crippen molar-refractivity contribution in [1.29, 1.82) is 0 Å². The normalized spacial score (nSPS) is 13.3. The maximum atomic E-state index is 12.1. The molecule has 1 aromatic heterocycles. The van der Waals surface area contributed by atoms with Gasteiger partial charge in [0.1, 0.15) is 11.6 Å². The first kappa shape index (κ1) is 34.1. The minimum Gasteiger partial charge on any atom is -0.345 e. The Morgan fingerprint density at radius 2 is 1.56 bits per heavy atom. The Labute approximate surface area is 226 Å². The Hall–Kier alpha value is -1.93. The number of Topliss-reactive ketones (excluding diaryl/α,β-unsaturated/α-hetero) is 1. The minimum absolute atomic E-state index is 0.139. The maximum Gasteiger partial charge on any atom is 0.209 e. The first-order valence-electron chi connectivity index (χ1n) is 12.3. The zero-order chi connectivity index (χ0) is 27.9. The van der Waals surface area contributed by atoms with Gasteiger partial charge >= 0.3 is 0 Å². The van der Waals surface area contributed by atoms with Crippen LogP contribution in [0.5, 0.6) is 0 Å². The highest BCUT2D eigenvalue weighted by Gasteiger charge is 2.18. The summed E-state index contributed by atoms with van der Waals surface area (Å²) in [6.07, 6.45) is 4.04. The van der Waals surface area contributed by atoms with Crippen LogP contribution in [0.15, 0.2) is 29.6 Å². The number of benzene rings is 1. The number of nitrogens with zero attached hydrogens (tertiary/aromatic N) is 3. The third-order valence-electron chi connectivity index (χ3n) is 5.32. The van der Waals surface area contributed by atoms with Crippen LogP contribution < -0.4 is 4.90 Å². The summed E-state index contributed by atoms with van der Waals surface area (Å²) in [6, 6.07) is 6.40. The van der Waals surface area contributed by atoms with Crippen LogP contribution in [0.4, 0.5) is 9.52 Å². The van der Waals surface area contributed by atoms with Gasteiger partial charge in [-0.15, -0.1) is 11.3 Å². The van der Waals surface area contributed by atoms with Crippen LogP contribution in [-0.2, 0) is 16.0 Å². The van der Waals surface area contributed by atoms with E-state index < -0.39 is 0 Å². The molecule has 0 bridgehead atoms. The number of hydrogen-bond acceptors (Lipinski definition) is 6. The van der Waals surface area contributed by atoms with Crippen LogP contribution in [0.2, 0.25) is 0 Å². The third-order valence-corrected chi connectivity index (χ3v) is 7.49. The van der Waals surface area contributed by atoms with E-state index in [1.54, 1.807) is 30.4 Å². The number of anilines is 1. The minimum atomic E-state index is -0.171. The first-order valence-corrected chi connectivity index (χ1v) is 14.4. The Morgan fingerprint density at radius 3 is 1.86 bits per heavy atom. The van der Waals surface area contributed by atoms with E-state index in [0.29, 0.717) is 4.75 Å². The zero-order valence-electron chi connectivity index (χ0n) is 23.9. The fraction of sp³-hybridized carbons (Fsp3) is 0.607. The van der Waals surface area contributed by atoms with Crippen molar-refractivity contribution in [1.82, 2.24) is 9.88 Å². The summed E-state index contributed by atoms with van der Waals surface area (Å²) in [5.74, 6) is 0.0723. The summed E-state index contributed by atoms with van der Waals surface area (Å²) >= 11 is 3.58. The smallest absolute Gasteiger partial charge is 0.209 e. The van der Waals surface area contributed by atoms with Gasteiger partial charge in [-0.1, -0.05) is 66.2 Å². The summed E-state index contributed by atoms with van der Waals surface area (Å²) in [7, 11) is 0. The number of carbonyl (C=O) groups is 2. The molecule has 1 fully saturated rings. The van der Waals surface area contributed by atoms with Gasteiger partial charge in [-0.05, 0) is 38.7 Å². The molecule has 5 nitrogen and oxygen atoms in total. The molecule has 0 saturated carbocycles. The standard InChI is InChI=1S/C10H15N3OS.C7H7F.C6H12O.C5H12S/c1-2-9-7-15-10(11-9)13-5-3-12(8-14)4-6-13;1-6-2-4-7(8)5-3-6;1-5(7)6(2,3)4;1-5(2,3)6-4/h7-8H,2-6H2,1H3;2-5H,1H3;1-4H3;1-4H3. The number of thioether (sulfide) groups is 1. The predicted octanol–water partition coefficient (Wildman–Crippen LogP) is 6.89. The van der Waals surface area contributed by atoms with Gasteiger partial charge in [0.15, 0.2) is 5.13 Å². The highest BCUT2D eigenvalue weighted by Crippen LogP contribution is 2.21. The van der Waals surface area contributed by atoms with E-state index in [4.69, 9.17) is 0 Å². The van der Waals surface area contributed by atoms with Gasteiger partial charge in [-0.3, -0.25) is 9.59 Å². The lowest BCUT2D eigenvalue weighted by molar-refractivity contribution is -0.124. The fourth-order valence-electron chi connectivity index (χ4n) is 2.16. The van der Waals surface area contributed by atoms with Crippen LogP contribution in [0.1, 0.15) is 66.6 Å². The molecular weight excluding hydrogens is 493 g/mol. The average molecular weight is 540 g/mol. The maximum absolute atomic E-state index is 12.1. The second-order valence-corrected chi connectivity index (χ2v) is 13.0. The Morgan fingerprint density at radius 1 is 1.08 bits per heavy atom. The van der Waals surface area contributed by atoms with Gasteiger partial charge in [0.2, 0.25) is 6.41 Å². The van der Waals surface area contributed by atoms with Gasteiger partial charge in [0.25, 0.3) is 0 Å². The molecule has 0 N–H and O–H groups in total. The van der Waals surface area contributed by atoms with Crippen molar-refractivity contribution >= 4 is 40.4 Å². The van der Waals surface area contributed by atoms with E-state index >= 15 is 0 Å². The number of rotatable bonds is 3. The van der Waals surface area contributed by atoms with Gasteiger partial charge in [0, 0.05) is 41.7 Å². The summed E-state index contributed by atoms with van der Waals surface area (Å²) < 4.78 is 12.5. The molecule has 0 aliphatic carbocycles. The van der Waals surface area contributed by atoms with E-state index in [0.717, 1.165) is 55.4 Å². The molecule has 2 aromatic rings. The fourth-order valence-corrected chi connectivity index (χ4v) is 3.12. The molecule has 0 unspecified atom stereocenters. The largest absolute Gasteiger partial charge is 0.345 e. The number of halogens is 1. The van der Waals surface area contributed by atoms with E-state index in [-0.39, 0.29) is 17.0 Å². The Balaban J connectivity index is 0.000000497. The average Bonchev–Trinajstić information content (AvgIpc) is 3.31. The molecule has 8 heteroatoms. The van der Waals surface area contributed by atoms with Gasteiger partial charge in [0.05, 0.1) is 5.69 Å². The molecule has 0 atom stereocenters. The highest BCUT2D eigenvalue weighted by molar-refractivity contribution is 7.99. The number of ketones is 1. The van der Waals surface area contributed by atoms with Crippen LogP contribution >= 0.6 is 23.1 Å². The lowest BCUT2D eigenvalue weighted by Gasteiger charge is -2.32. The van der Waals surface area contributed by atoms with Crippen molar-refractivity contribution in [2.45, 2.75) is 73.5 Å². The molecule has 0 spiro atoms. The molecule has 2 heterocycles. The van der Waals surface area contributed by atoms with Crippen molar-refractivity contribution in [2.75, 3.05) is 37.3 Å². The molecule has 1 aliphatic heterocycles. The Bertz CT molecular complexity index is 858. The van der Waals surface area contributed by atoms with Crippen molar-refractivity contribution in [3.8, 4) is 0 Å². The summed E-state index contributed by atoms with van der Waals surface area (Å²) in [5.41, 5.74) is 2.11. The molecule has 1 saturated heterocycles. The monoisotopic (exact) mass is 539 g/mol. The summed E-state index contributed by atoms with van der Waals surface area (Å²) in [6.45, 7) is 21.4. The second kappa shape index (κ2) is 16.7. The number of aryl methyl sites for hydroxylation is 2. The van der Waals surface area contributed by atoms with Crippen molar-refractivity contribution in [3.63, 3.8) is 0 Å². The van der Waals surface area contributed by atoms with Crippen molar-refractivity contribution < 1.29 is 14.0 Å². The first-order chi connectivity index (χ1) is 16.6. The van der Waals surface area contributed by atoms with E-state index in [2.05, 4.69) is 49.2 Å². The van der Waals surface area contributed by atoms with Gasteiger partial charge in [-0.2, -0.15) is 11.8 Å². The SMILES string of the molecule is CC(=O)C(C)(C)C.CCc1csc(N2CCN(C=O)CC2)n1.CSC(C)(C)C.Cc1ccc(F)cc1. The zero-order valence-corrected chi connectivity index (χ0v) is 25.5. The molecule has 36 heavy (non-hydrogen) atoms. The van der Waals surface area contributed by atoms with Crippen LogP contribution in [0.25, 0.3) is 0 Å². The van der Waals surface area contributed by atoms with Gasteiger partial charge < -0.3 is 9.80 Å². The second-order valence-electron chi connectivity index (χ2n) is 10.5. The number of aromatic nitrogens is 1. The summed E-state index contributed by atoms with van der Waals surface area (Å²) in [5, 5.41) is 3.21. The lowest BCUT2D eigenvalue weighted by atomic mass is 9.92. The molecule has 3 rings (SSSR count). The van der Waals surface area contributed by atoms with Crippen molar-refractivity contribution in [3.05, 3.63) is 46.7 Å². The molecule has 204 valence electrons. The molecular formula is C28H46FN3O2S2. The van der Waals surface area contributed by atoms with Crippen LogP contribution in [0, 0.1) is 18.2 Å². The van der Waals surface area contributed by atoms with Gasteiger partial charge in [-0.25, -0.2) is 9.37 Å². The van der Waals surface area contributed by atoms with Crippen LogP contribution in [0.3, 0.4) is 0 Å². The molecule has 1 amide bonds. The number of piperazine rings is 1. The lowest BCUT2D eigenvalue weighted by Crippen LogP contribution is -2.45. The van der Waals surface area contributed by atoms with Crippen LogP contribution in [-0.4, -0.2) is 59.3 Å². The quantitative estimate of drug-likeness (QED) is 0.398. The number of hydrogen-bond donors (Lipinski definition) is 0. The van der Waals surface area contributed by atoms with E-state index in [1.807, 2.05) is 44.4 Å². The van der Waals surface area contributed by atoms with E-state index in [1.165, 1.54) is 12.1 Å². The number of carbonyl (C=O) groups excluding carboxylic acids is 2. The Kier molecular flexibility index (Phi) is 15.8. The highest BCUT2D eigenvalue weighted by atomic mass is 32.2. The molecule has 1 aromatic carbocycles. The molecule has 0 radical (unpaired) electrons. The third kappa shape index (κ3) is 15.9. The summed E-state index contributed by atoms with van der Waals surface area (Å²) in [4.78, 5) is 29.6.